The average molecular weight is 231 g/mol. The third-order valence-electron chi connectivity index (χ3n) is 2.83. The average Bonchev–Trinajstić information content (AvgIpc) is 2.30. The largest absolute Gasteiger partial charge is 0.465 e. The summed E-state index contributed by atoms with van der Waals surface area (Å²) in [5.41, 5.74) is 0. The van der Waals surface area contributed by atoms with Crippen LogP contribution in [0.5, 0.6) is 0 Å². The fourth-order valence-electron chi connectivity index (χ4n) is 2.04. The number of nitrogens with zero attached hydrogens (tertiary/aromatic N) is 1. The van der Waals surface area contributed by atoms with E-state index in [1.807, 2.05) is 4.90 Å². The molecular formula is C11H21NO4. The van der Waals surface area contributed by atoms with E-state index in [0.717, 1.165) is 25.8 Å². The number of esters is 1. The van der Waals surface area contributed by atoms with Crippen LogP contribution in [0.15, 0.2) is 0 Å². The van der Waals surface area contributed by atoms with E-state index in [1.165, 1.54) is 0 Å². The number of aliphatic hydroxyl groups excluding tert-OH is 2. The van der Waals surface area contributed by atoms with Crippen molar-refractivity contribution in [3.63, 3.8) is 0 Å². The Morgan fingerprint density at radius 1 is 1.56 bits per heavy atom. The lowest BCUT2D eigenvalue weighted by Gasteiger charge is -2.34. The van der Waals surface area contributed by atoms with E-state index in [4.69, 9.17) is 9.84 Å². The van der Waals surface area contributed by atoms with Gasteiger partial charge in [-0.05, 0) is 26.3 Å². The molecule has 2 atom stereocenters. The van der Waals surface area contributed by atoms with Gasteiger partial charge in [0.25, 0.3) is 0 Å². The van der Waals surface area contributed by atoms with Crippen molar-refractivity contribution in [3.05, 3.63) is 0 Å². The molecule has 0 aromatic carbocycles. The van der Waals surface area contributed by atoms with Crippen LogP contribution in [0.2, 0.25) is 0 Å². The van der Waals surface area contributed by atoms with Gasteiger partial charge in [-0.25, -0.2) is 0 Å². The van der Waals surface area contributed by atoms with E-state index in [0.29, 0.717) is 13.2 Å². The molecule has 2 N–H and O–H groups in total. The second-order valence-electron chi connectivity index (χ2n) is 4.09. The summed E-state index contributed by atoms with van der Waals surface area (Å²) in [6.45, 7) is 3.01. The van der Waals surface area contributed by atoms with Crippen LogP contribution in [-0.4, -0.2) is 59.5 Å². The molecule has 1 saturated heterocycles. The lowest BCUT2D eigenvalue weighted by molar-refractivity contribution is -0.151. The normalized spacial score (nSPS) is 24.1. The van der Waals surface area contributed by atoms with Crippen LogP contribution in [0.3, 0.4) is 0 Å². The third kappa shape index (κ3) is 3.73. The van der Waals surface area contributed by atoms with Gasteiger partial charge in [-0.2, -0.15) is 0 Å². The van der Waals surface area contributed by atoms with Crippen LogP contribution in [-0.2, 0) is 9.53 Å². The molecule has 0 amide bonds. The number of carbonyl (C=O) groups is 1. The minimum absolute atomic E-state index is 0.215. The summed E-state index contributed by atoms with van der Waals surface area (Å²) >= 11 is 0. The van der Waals surface area contributed by atoms with Gasteiger partial charge in [0.2, 0.25) is 0 Å². The number of rotatable bonds is 5. The molecule has 5 nitrogen and oxygen atoms in total. The highest BCUT2D eigenvalue weighted by molar-refractivity contribution is 5.75. The van der Waals surface area contributed by atoms with Gasteiger partial charge < -0.3 is 14.9 Å². The van der Waals surface area contributed by atoms with E-state index in [-0.39, 0.29) is 18.6 Å². The van der Waals surface area contributed by atoms with Crippen LogP contribution >= 0.6 is 0 Å². The Labute approximate surface area is 96.0 Å². The van der Waals surface area contributed by atoms with Gasteiger partial charge in [0.1, 0.15) is 6.04 Å². The highest BCUT2D eigenvalue weighted by atomic mass is 16.5. The van der Waals surface area contributed by atoms with E-state index in [2.05, 4.69) is 0 Å². The van der Waals surface area contributed by atoms with Crippen LogP contribution < -0.4 is 0 Å². The van der Waals surface area contributed by atoms with Crippen molar-refractivity contribution in [1.29, 1.82) is 0 Å². The second kappa shape index (κ2) is 6.83. The topological polar surface area (TPSA) is 70.0 Å². The molecule has 1 fully saturated rings. The number of aliphatic hydroxyl groups is 2. The van der Waals surface area contributed by atoms with Crippen LogP contribution in [0.1, 0.15) is 26.2 Å². The minimum Gasteiger partial charge on any atom is -0.465 e. The molecule has 0 saturated carbocycles. The molecule has 0 radical (unpaired) electrons. The highest BCUT2D eigenvalue weighted by Gasteiger charge is 2.30. The van der Waals surface area contributed by atoms with Crippen molar-refractivity contribution < 1.29 is 19.7 Å². The predicted molar refractivity (Wildman–Crippen MR) is 58.9 cm³/mol. The molecule has 0 bridgehead atoms. The lowest BCUT2D eigenvalue weighted by Crippen LogP contribution is -2.49. The van der Waals surface area contributed by atoms with Gasteiger partial charge in [-0.15, -0.1) is 0 Å². The summed E-state index contributed by atoms with van der Waals surface area (Å²) in [6.07, 6.45) is 2.02. The molecule has 0 aromatic rings. The maximum Gasteiger partial charge on any atom is 0.323 e. The van der Waals surface area contributed by atoms with Crippen molar-refractivity contribution >= 4 is 5.97 Å². The summed E-state index contributed by atoms with van der Waals surface area (Å²) in [7, 11) is 0. The number of hydrogen-bond acceptors (Lipinski definition) is 5. The fourth-order valence-corrected chi connectivity index (χ4v) is 2.04. The maximum atomic E-state index is 11.7. The van der Waals surface area contributed by atoms with Gasteiger partial charge >= 0.3 is 5.97 Å². The Bertz CT molecular complexity index is 222. The zero-order valence-electron chi connectivity index (χ0n) is 9.76. The summed E-state index contributed by atoms with van der Waals surface area (Å²) in [6, 6.07) is -0.255. The summed E-state index contributed by atoms with van der Waals surface area (Å²) in [4.78, 5) is 13.6. The Morgan fingerprint density at radius 2 is 2.31 bits per heavy atom. The summed E-state index contributed by atoms with van der Waals surface area (Å²) < 4.78 is 5.00. The number of β-amino-alcohol motifs (C(OH)–C–C–N with tert-alkyl or cyclic N) is 1. The summed E-state index contributed by atoms with van der Waals surface area (Å²) in [5.74, 6) is -0.215. The molecule has 1 heterocycles. The molecule has 2 unspecified atom stereocenters. The maximum absolute atomic E-state index is 11.7. The van der Waals surface area contributed by atoms with Gasteiger partial charge in [0.15, 0.2) is 0 Å². The zero-order chi connectivity index (χ0) is 12.0. The summed E-state index contributed by atoms with van der Waals surface area (Å²) in [5, 5.41) is 18.2. The standard InChI is InChI=1S/C11H21NO4/c1-2-16-11(15)10-5-3-4-6-12(10)7-9(14)8-13/h9-10,13-14H,2-8H2,1H3. The smallest absolute Gasteiger partial charge is 0.323 e. The molecule has 1 aliphatic rings. The molecule has 94 valence electrons. The van der Waals surface area contributed by atoms with Crippen LogP contribution in [0.25, 0.3) is 0 Å². The molecule has 16 heavy (non-hydrogen) atoms. The quantitative estimate of drug-likeness (QED) is 0.639. The number of hydrogen-bond donors (Lipinski definition) is 2. The van der Waals surface area contributed by atoms with E-state index < -0.39 is 6.10 Å². The highest BCUT2D eigenvalue weighted by Crippen LogP contribution is 2.18. The molecule has 0 spiro atoms. The minimum atomic E-state index is -0.782. The van der Waals surface area contributed by atoms with Crippen LogP contribution in [0, 0.1) is 0 Å². The van der Waals surface area contributed by atoms with E-state index in [1.54, 1.807) is 6.92 Å². The molecule has 0 aromatic heterocycles. The van der Waals surface area contributed by atoms with Crippen molar-refractivity contribution in [2.75, 3.05) is 26.3 Å². The SMILES string of the molecule is CCOC(=O)C1CCCCN1CC(O)CO. The molecular weight excluding hydrogens is 210 g/mol. The monoisotopic (exact) mass is 231 g/mol. The Balaban J connectivity index is 2.52. The molecule has 1 aliphatic heterocycles. The number of carbonyl (C=O) groups excluding carboxylic acids is 1. The molecule has 1 rings (SSSR count). The fraction of sp³-hybridized carbons (Fsp3) is 0.909. The van der Waals surface area contributed by atoms with Crippen molar-refractivity contribution in [3.8, 4) is 0 Å². The first-order valence-electron chi connectivity index (χ1n) is 5.88. The Morgan fingerprint density at radius 3 is 2.94 bits per heavy atom. The van der Waals surface area contributed by atoms with Crippen molar-refractivity contribution in [2.45, 2.75) is 38.3 Å². The zero-order valence-corrected chi connectivity index (χ0v) is 9.76. The van der Waals surface area contributed by atoms with E-state index >= 15 is 0 Å². The van der Waals surface area contributed by atoms with Crippen molar-refractivity contribution in [1.82, 2.24) is 4.90 Å². The Hall–Kier alpha value is -0.650. The van der Waals surface area contributed by atoms with Gasteiger partial charge in [0.05, 0.1) is 19.3 Å². The first-order chi connectivity index (χ1) is 7.69. The van der Waals surface area contributed by atoms with Crippen LogP contribution in [0.4, 0.5) is 0 Å². The van der Waals surface area contributed by atoms with Crippen molar-refractivity contribution in [2.24, 2.45) is 0 Å². The van der Waals surface area contributed by atoms with E-state index in [9.17, 15) is 9.90 Å². The molecule has 0 aliphatic carbocycles. The first kappa shape index (κ1) is 13.4. The second-order valence-corrected chi connectivity index (χ2v) is 4.09. The number of ether oxygens (including phenoxy) is 1. The first-order valence-corrected chi connectivity index (χ1v) is 5.88. The Kier molecular flexibility index (Phi) is 5.73. The van der Waals surface area contributed by atoms with Gasteiger partial charge in [0, 0.05) is 6.54 Å². The van der Waals surface area contributed by atoms with Gasteiger partial charge in [-0.1, -0.05) is 6.42 Å². The molecule has 5 heteroatoms. The predicted octanol–water partition coefficient (Wildman–Crippen LogP) is -0.243. The number of piperidine rings is 1. The third-order valence-corrected chi connectivity index (χ3v) is 2.83. The van der Waals surface area contributed by atoms with Gasteiger partial charge in [-0.3, -0.25) is 9.69 Å². The number of likely N-dealkylation sites (tertiary alicyclic amines) is 1. The lowest BCUT2D eigenvalue weighted by atomic mass is 10.0.